The molecule has 4 rings (SSSR count). The molecular formula is C26H33N5O4S. The molecule has 1 amide bonds. The number of carbonyl (C=O) groups is 1. The Hall–Kier alpha value is -3.08. The van der Waals surface area contributed by atoms with Crippen molar-refractivity contribution in [3.8, 4) is 22.9 Å². The standard InChI is InChI=1S/C26H33N5O4S/c1-33-21-8-4-19(5-9-21)23(18-24(32)27-12-3-13-31-14-16-35-17-15-31)36-26-28-25(29-30-26)20-6-10-22(34-2)11-7-20/h4-11,23H,3,12-18H2,1-2H3,(H,27,32)(H,28,29,30)/t23-/m0/s1. The zero-order valence-corrected chi connectivity index (χ0v) is 21.6. The summed E-state index contributed by atoms with van der Waals surface area (Å²) in [5.41, 5.74) is 1.93. The molecule has 1 atom stereocenters. The van der Waals surface area contributed by atoms with Gasteiger partial charge in [0.15, 0.2) is 5.82 Å². The molecule has 1 fully saturated rings. The number of nitrogens with one attached hydrogen (secondary N) is 2. The second kappa shape index (κ2) is 13.3. The Balaban J connectivity index is 1.37. The number of H-pyrrole nitrogens is 1. The zero-order chi connectivity index (χ0) is 25.2. The molecule has 1 aliphatic heterocycles. The van der Waals surface area contributed by atoms with Crippen molar-refractivity contribution in [3.05, 3.63) is 54.1 Å². The number of hydrogen-bond acceptors (Lipinski definition) is 8. The van der Waals surface area contributed by atoms with Gasteiger partial charge in [0.2, 0.25) is 11.1 Å². The van der Waals surface area contributed by atoms with Crippen LogP contribution in [0.1, 0.15) is 23.7 Å². The monoisotopic (exact) mass is 511 g/mol. The first kappa shape index (κ1) is 26.0. The number of aromatic amines is 1. The maximum Gasteiger partial charge on any atom is 0.221 e. The first-order valence-electron chi connectivity index (χ1n) is 12.1. The topological polar surface area (TPSA) is 102 Å². The van der Waals surface area contributed by atoms with Crippen molar-refractivity contribution in [3.63, 3.8) is 0 Å². The highest BCUT2D eigenvalue weighted by Crippen LogP contribution is 2.37. The molecule has 2 heterocycles. The van der Waals surface area contributed by atoms with E-state index in [0.717, 1.165) is 61.9 Å². The minimum atomic E-state index is -0.144. The Morgan fingerprint density at radius 1 is 1.08 bits per heavy atom. The van der Waals surface area contributed by atoms with Gasteiger partial charge in [-0.1, -0.05) is 23.9 Å². The summed E-state index contributed by atoms with van der Waals surface area (Å²) in [7, 11) is 3.28. The van der Waals surface area contributed by atoms with Gasteiger partial charge in [-0.15, -0.1) is 5.10 Å². The third-order valence-electron chi connectivity index (χ3n) is 6.01. The summed E-state index contributed by atoms with van der Waals surface area (Å²) in [5.74, 6) is 2.23. The molecule has 0 aliphatic carbocycles. The fourth-order valence-corrected chi connectivity index (χ4v) is 4.97. The highest BCUT2D eigenvalue weighted by atomic mass is 32.2. The molecule has 1 aromatic heterocycles. The highest BCUT2D eigenvalue weighted by Gasteiger charge is 2.21. The molecule has 3 aromatic rings. The first-order chi connectivity index (χ1) is 17.6. The Labute approximate surface area is 215 Å². The average molecular weight is 512 g/mol. The first-order valence-corrected chi connectivity index (χ1v) is 13.0. The van der Waals surface area contributed by atoms with E-state index in [1.54, 1.807) is 14.2 Å². The third kappa shape index (κ3) is 7.46. The van der Waals surface area contributed by atoms with Gasteiger partial charge < -0.3 is 19.5 Å². The van der Waals surface area contributed by atoms with Crippen LogP contribution in [0.3, 0.4) is 0 Å². The summed E-state index contributed by atoms with van der Waals surface area (Å²) >= 11 is 1.47. The van der Waals surface area contributed by atoms with Crippen LogP contribution in [0, 0.1) is 0 Å². The van der Waals surface area contributed by atoms with Crippen molar-refractivity contribution >= 4 is 17.7 Å². The summed E-state index contributed by atoms with van der Waals surface area (Å²) in [4.78, 5) is 19.9. The lowest BCUT2D eigenvalue weighted by Crippen LogP contribution is -2.38. The maximum absolute atomic E-state index is 12.8. The summed E-state index contributed by atoms with van der Waals surface area (Å²) in [6, 6.07) is 15.4. The summed E-state index contributed by atoms with van der Waals surface area (Å²) in [6.45, 7) is 5.10. The molecule has 192 valence electrons. The summed E-state index contributed by atoms with van der Waals surface area (Å²) < 4.78 is 15.9. The van der Waals surface area contributed by atoms with Gasteiger partial charge in [0, 0.05) is 36.9 Å². The van der Waals surface area contributed by atoms with E-state index < -0.39 is 0 Å². The van der Waals surface area contributed by atoms with E-state index in [0.29, 0.717) is 23.9 Å². The molecule has 0 radical (unpaired) electrons. The molecule has 1 saturated heterocycles. The summed E-state index contributed by atoms with van der Waals surface area (Å²) in [5, 5.41) is 10.9. The number of rotatable bonds is 12. The van der Waals surface area contributed by atoms with Gasteiger partial charge in [0.1, 0.15) is 11.5 Å². The van der Waals surface area contributed by atoms with E-state index in [-0.39, 0.29) is 11.2 Å². The second-order valence-corrected chi connectivity index (χ2v) is 9.61. The van der Waals surface area contributed by atoms with Gasteiger partial charge in [-0.3, -0.25) is 14.8 Å². The Morgan fingerprint density at radius 2 is 1.75 bits per heavy atom. The van der Waals surface area contributed by atoms with Crippen LogP contribution in [0.2, 0.25) is 0 Å². The van der Waals surface area contributed by atoms with Gasteiger partial charge in [0.25, 0.3) is 0 Å². The zero-order valence-electron chi connectivity index (χ0n) is 20.7. The molecule has 0 saturated carbocycles. The number of thioether (sulfide) groups is 1. The number of carbonyl (C=O) groups excluding carboxylic acids is 1. The molecule has 9 nitrogen and oxygen atoms in total. The number of morpholine rings is 1. The SMILES string of the molecule is COc1ccc(-c2nc(S[C@@H](CC(=O)NCCCN3CCOCC3)c3ccc(OC)cc3)n[nH]2)cc1. The second-order valence-electron chi connectivity index (χ2n) is 8.44. The van der Waals surface area contributed by atoms with Crippen molar-refractivity contribution in [2.24, 2.45) is 0 Å². The van der Waals surface area contributed by atoms with Crippen LogP contribution in [0.5, 0.6) is 11.5 Å². The van der Waals surface area contributed by atoms with Crippen molar-refractivity contribution in [2.45, 2.75) is 23.2 Å². The lowest BCUT2D eigenvalue weighted by atomic mass is 10.1. The molecule has 1 aliphatic rings. The molecule has 0 spiro atoms. The number of aromatic nitrogens is 3. The Bertz CT molecular complexity index is 1080. The fraction of sp³-hybridized carbons (Fsp3) is 0.423. The lowest BCUT2D eigenvalue weighted by Gasteiger charge is -2.26. The minimum absolute atomic E-state index is 0.0104. The highest BCUT2D eigenvalue weighted by molar-refractivity contribution is 7.99. The van der Waals surface area contributed by atoms with Crippen LogP contribution >= 0.6 is 11.8 Å². The normalized spacial score (nSPS) is 14.8. The predicted octanol–water partition coefficient (Wildman–Crippen LogP) is 3.55. The van der Waals surface area contributed by atoms with Crippen LogP contribution in [0.15, 0.2) is 53.7 Å². The van der Waals surface area contributed by atoms with Crippen LogP contribution in [-0.4, -0.2) is 79.6 Å². The fourth-order valence-electron chi connectivity index (χ4n) is 3.95. The number of ether oxygens (including phenoxy) is 3. The molecule has 0 bridgehead atoms. The molecule has 0 unspecified atom stereocenters. The number of amides is 1. The van der Waals surface area contributed by atoms with Crippen molar-refractivity contribution in [1.29, 1.82) is 0 Å². The molecule has 2 N–H and O–H groups in total. The van der Waals surface area contributed by atoms with Crippen LogP contribution in [0.4, 0.5) is 0 Å². The molecular weight excluding hydrogens is 478 g/mol. The van der Waals surface area contributed by atoms with E-state index >= 15 is 0 Å². The number of methoxy groups -OCH3 is 2. The van der Waals surface area contributed by atoms with Gasteiger partial charge in [-0.25, -0.2) is 4.98 Å². The Kier molecular flexibility index (Phi) is 9.60. The van der Waals surface area contributed by atoms with Crippen LogP contribution in [-0.2, 0) is 9.53 Å². The van der Waals surface area contributed by atoms with E-state index in [4.69, 9.17) is 14.2 Å². The minimum Gasteiger partial charge on any atom is -0.497 e. The van der Waals surface area contributed by atoms with Crippen molar-refractivity contribution in [1.82, 2.24) is 25.4 Å². The van der Waals surface area contributed by atoms with E-state index in [1.165, 1.54) is 11.8 Å². The molecule has 36 heavy (non-hydrogen) atoms. The van der Waals surface area contributed by atoms with Crippen molar-refractivity contribution < 1.29 is 19.0 Å². The van der Waals surface area contributed by atoms with E-state index in [1.807, 2.05) is 48.5 Å². The number of benzene rings is 2. The van der Waals surface area contributed by atoms with Gasteiger partial charge in [0.05, 0.1) is 27.4 Å². The van der Waals surface area contributed by atoms with Gasteiger partial charge in [-0.05, 0) is 54.9 Å². The van der Waals surface area contributed by atoms with E-state index in [9.17, 15) is 4.79 Å². The molecule has 10 heteroatoms. The number of hydrogen-bond donors (Lipinski definition) is 2. The van der Waals surface area contributed by atoms with Gasteiger partial charge >= 0.3 is 0 Å². The largest absolute Gasteiger partial charge is 0.497 e. The lowest BCUT2D eigenvalue weighted by molar-refractivity contribution is -0.121. The third-order valence-corrected chi connectivity index (χ3v) is 7.13. The smallest absolute Gasteiger partial charge is 0.221 e. The van der Waals surface area contributed by atoms with Gasteiger partial charge in [-0.2, -0.15) is 0 Å². The number of nitrogens with zero attached hydrogens (tertiary/aromatic N) is 3. The quantitative estimate of drug-likeness (QED) is 0.281. The average Bonchev–Trinajstić information content (AvgIpc) is 3.40. The maximum atomic E-state index is 12.8. The predicted molar refractivity (Wildman–Crippen MR) is 139 cm³/mol. The summed E-state index contributed by atoms with van der Waals surface area (Å²) in [6.07, 6.45) is 1.24. The van der Waals surface area contributed by atoms with Crippen LogP contribution in [0.25, 0.3) is 11.4 Å². The van der Waals surface area contributed by atoms with Crippen LogP contribution < -0.4 is 14.8 Å². The molecule has 2 aromatic carbocycles. The van der Waals surface area contributed by atoms with Crippen molar-refractivity contribution in [2.75, 3.05) is 53.6 Å². The van der Waals surface area contributed by atoms with E-state index in [2.05, 4.69) is 25.4 Å². The Morgan fingerprint density at radius 3 is 2.42 bits per heavy atom.